The summed E-state index contributed by atoms with van der Waals surface area (Å²) in [6.07, 6.45) is 2.58. The smallest absolute Gasteiger partial charge is 0.122 e. The van der Waals surface area contributed by atoms with E-state index in [2.05, 4.69) is 53.4 Å². The Kier molecular flexibility index (Phi) is 4.88. The molecule has 2 aromatic carbocycles. The Labute approximate surface area is 132 Å². The minimum absolute atomic E-state index is 0.133. The minimum Gasteiger partial charge on any atom is -0.377 e. The molecule has 22 heavy (non-hydrogen) atoms. The van der Waals surface area contributed by atoms with Crippen LogP contribution >= 0.6 is 0 Å². The molecular formula is C19H24N2O. The Hall–Kier alpha value is -1.68. The molecule has 0 aromatic heterocycles. The van der Waals surface area contributed by atoms with Crippen LogP contribution in [0, 0.1) is 0 Å². The maximum absolute atomic E-state index is 10.3. The molecule has 0 amide bonds. The van der Waals surface area contributed by atoms with Crippen LogP contribution in [0.1, 0.15) is 24.8 Å². The summed E-state index contributed by atoms with van der Waals surface area (Å²) in [6.45, 7) is 1.67. The highest BCUT2D eigenvalue weighted by Gasteiger charge is 2.24. The van der Waals surface area contributed by atoms with Crippen molar-refractivity contribution in [2.75, 3.05) is 6.54 Å². The van der Waals surface area contributed by atoms with Crippen molar-refractivity contribution in [3.8, 4) is 11.1 Å². The minimum atomic E-state index is -0.531. The topological polar surface area (TPSA) is 49.5 Å². The van der Waals surface area contributed by atoms with Gasteiger partial charge in [0.15, 0.2) is 0 Å². The highest BCUT2D eigenvalue weighted by Crippen LogP contribution is 2.21. The molecule has 1 aliphatic heterocycles. The van der Waals surface area contributed by atoms with E-state index in [0.717, 1.165) is 32.4 Å². The number of likely N-dealkylation sites (tertiary alicyclic amines) is 1. The Morgan fingerprint density at radius 1 is 0.955 bits per heavy atom. The summed E-state index contributed by atoms with van der Waals surface area (Å²) < 4.78 is 0. The van der Waals surface area contributed by atoms with Gasteiger partial charge in [0.25, 0.3) is 0 Å². The van der Waals surface area contributed by atoms with Gasteiger partial charge in [-0.3, -0.25) is 4.90 Å². The normalized spacial score (nSPS) is 23.2. The van der Waals surface area contributed by atoms with Crippen LogP contribution in [0.5, 0.6) is 0 Å². The van der Waals surface area contributed by atoms with Gasteiger partial charge >= 0.3 is 0 Å². The van der Waals surface area contributed by atoms with E-state index in [9.17, 15) is 5.11 Å². The lowest BCUT2D eigenvalue weighted by atomic mass is 10.0. The molecule has 1 saturated heterocycles. The second-order valence-electron chi connectivity index (χ2n) is 6.11. The van der Waals surface area contributed by atoms with E-state index in [-0.39, 0.29) is 6.04 Å². The fraction of sp³-hybridized carbons (Fsp3) is 0.368. The third-order valence-electron chi connectivity index (χ3n) is 4.44. The van der Waals surface area contributed by atoms with E-state index in [1.165, 1.54) is 16.7 Å². The fourth-order valence-electron chi connectivity index (χ4n) is 3.09. The molecule has 0 spiro atoms. The van der Waals surface area contributed by atoms with Gasteiger partial charge < -0.3 is 10.8 Å². The molecule has 116 valence electrons. The number of hydrogen-bond acceptors (Lipinski definition) is 3. The number of benzene rings is 2. The zero-order chi connectivity index (χ0) is 15.4. The number of aliphatic hydroxyl groups excluding tert-OH is 1. The molecule has 2 aromatic rings. The first-order valence-electron chi connectivity index (χ1n) is 8.06. The Bertz CT molecular complexity index is 582. The first-order chi connectivity index (χ1) is 10.7. The molecule has 1 heterocycles. The molecule has 0 radical (unpaired) electrons. The average Bonchev–Trinajstić information content (AvgIpc) is 2.72. The summed E-state index contributed by atoms with van der Waals surface area (Å²) in [5.41, 5.74) is 9.69. The van der Waals surface area contributed by atoms with Crippen molar-refractivity contribution < 1.29 is 5.11 Å². The summed E-state index contributed by atoms with van der Waals surface area (Å²) in [5.74, 6) is 0. The number of rotatable bonds is 3. The zero-order valence-electron chi connectivity index (χ0n) is 12.9. The Morgan fingerprint density at radius 2 is 1.64 bits per heavy atom. The SMILES string of the molecule is N[C@H]1CCCCN(Cc2ccc(-c3ccccc3)cc2)C1O. The van der Waals surface area contributed by atoms with Crippen LogP contribution in [-0.2, 0) is 6.54 Å². The molecule has 1 unspecified atom stereocenters. The molecule has 1 aliphatic rings. The number of aliphatic hydroxyl groups is 1. The maximum atomic E-state index is 10.3. The average molecular weight is 296 g/mol. The van der Waals surface area contributed by atoms with Crippen LogP contribution in [0.15, 0.2) is 54.6 Å². The second-order valence-corrected chi connectivity index (χ2v) is 6.11. The lowest BCUT2D eigenvalue weighted by Crippen LogP contribution is -2.46. The second kappa shape index (κ2) is 7.05. The first-order valence-corrected chi connectivity index (χ1v) is 8.06. The van der Waals surface area contributed by atoms with Crippen molar-refractivity contribution in [3.63, 3.8) is 0 Å². The molecule has 0 saturated carbocycles. The van der Waals surface area contributed by atoms with Gasteiger partial charge in [-0.2, -0.15) is 0 Å². The largest absolute Gasteiger partial charge is 0.377 e. The van der Waals surface area contributed by atoms with Gasteiger partial charge in [0, 0.05) is 19.1 Å². The highest BCUT2D eigenvalue weighted by atomic mass is 16.3. The van der Waals surface area contributed by atoms with Crippen molar-refractivity contribution in [2.45, 2.75) is 38.1 Å². The lowest BCUT2D eigenvalue weighted by Gasteiger charge is -2.29. The predicted molar refractivity (Wildman–Crippen MR) is 90.1 cm³/mol. The summed E-state index contributed by atoms with van der Waals surface area (Å²) >= 11 is 0. The summed E-state index contributed by atoms with van der Waals surface area (Å²) in [5, 5.41) is 10.3. The number of hydrogen-bond donors (Lipinski definition) is 2. The van der Waals surface area contributed by atoms with Crippen LogP contribution in [0.3, 0.4) is 0 Å². The third kappa shape index (κ3) is 3.55. The summed E-state index contributed by atoms with van der Waals surface area (Å²) in [7, 11) is 0. The molecule has 3 N–H and O–H groups in total. The Balaban J connectivity index is 1.70. The summed E-state index contributed by atoms with van der Waals surface area (Å²) in [6, 6.07) is 18.8. The lowest BCUT2D eigenvalue weighted by molar-refractivity contribution is -0.0135. The van der Waals surface area contributed by atoms with Gasteiger partial charge in [-0.15, -0.1) is 0 Å². The third-order valence-corrected chi connectivity index (χ3v) is 4.44. The molecule has 0 bridgehead atoms. The molecule has 3 rings (SSSR count). The van der Waals surface area contributed by atoms with E-state index in [1.54, 1.807) is 0 Å². The molecule has 3 nitrogen and oxygen atoms in total. The molecule has 1 fully saturated rings. The van der Waals surface area contributed by atoms with Gasteiger partial charge in [0.05, 0.1) is 0 Å². The highest BCUT2D eigenvalue weighted by molar-refractivity contribution is 5.63. The molecular weight excluding hydrogens is 272 g/mol. The van der Waals surface area contributed by atoms with E-state index >= 15 is 0 Å². The van der Waals surface area contributed by atoms with Gasteiger partial charge in [-0.1, -0.05) is 61.0 Å². The van der Waals surface area contributed by atoms with Gasteiger partial charge in [0.2, 0.25) is 0 Å². The first kappa shape index (κ1) is 15.2. The molecule has 0 aliphatic carbocycles. The number of nitrogens with zero attached hydrogens (tertiary/aromatic N) is 1. The molecule has 2 atom stereocenters. The van der Waals surface area contributed by atoms with E-state index in [4.69, 9.17) is 5.73 Å². The van der Waals surface area contributed by atoms with Gasteiger partial charge in [-0.25, -0.2) is 0 Å². The number of nitrogens with two attached hydrogens (primary N) is 1. The van der Waals surface area contributed by atoms with Crippen molar-refractivity contribution in [2.24, 2.45) is 5.73 Å². The van der Waals surface area contributed by atoms with Crippen molar-refractivity contribution in [1.82, 2.24) is 4.90 Å². The monoisotopic (exact) mass is 296 g/mol. The van der Waals surface area contributed by atoms with Crippen LogP contribution in [0.4, 0.5) is 0 Å². The summed E-state index contributed by atoms with van der Waals surface area (Å²) in [4.78, 5) is 2.09. The van der Waals surface area contributed by atoms with Crippen LogP contribution in [0.2, 0.25) is 0 Å². The zero-order valence-corrected chi connectivity index (χ0v) is 12.9. The van der Waals surface area contributed by atoms with E-state index in [1.807, 2.05) is 6.07 Å². The standard InChI is InChI=1S/C19H24N2O/c20-18-8-4-5-13-21(19(18)22)14-15-9-11-17(12-10-15)16-6-2-1-3-7-16/h1-3,6-7,9-12,18-19,22H,4-5,8,13-14,20H2/t18-,19?/m0/s1. The van der Waals surface area contributed by atoms with Crippen molar-refractivity contribution in [3.05, 3.63) is 60.2 Å². The van der Waals surface area contributed by atoms with Crippen LogP contribution < -0.4 is 5.73 Å². The van der Waals surface area contributed by atoms with E-state index in [0.29, 0.717) is 0 Å². The quantitative estimate of drug-likeness (QED) is 0.915. The maximum Gasteiger partial charge on any atom is 0.122 e. The molecule has 3 heteroatoms. The van der Waals surface area contributed by atoms with E-state index < -0.39 is 6.23 Å². The Morgan fingerprint density at radius 3 is 2.36 bits per heavy atom. The van der Waals surface area contributed by atoms with Crippen molar-refractivity contribution >= 4 is 0 Å². The fourth-order valence-corrected chi connectivity index (χ4v) is 3.09. The van der Waals surface area contributed by atoms with Crippen LogP contribution in [-0.4, -0.2) is 28.8 Å². The van der Waals surface area contributed by atoms with Crippen molar-refractivity contribution in [1.29, 1.82) is 0 Å². The van der Waals surface area contributed by atoms with Gasteiger partial charge in [-0.05, 0) is 29.5 Å². The van der Waals surface area contributed by atoms with Crippen LogP contribution in [0.25, 0.3) is 11.1 Å². The van der Waals surface area contributed by atoms with Gasteiger partial charge in [0.1, 0.15) is 6.23 Å². The predicted octanol–water partition coefficient (Wildman–Crippen LogP) is 2.99.